The first-order valence-corrected chi connectivity index (χ1v) is 9.79. The first-order valence-electron chi connectivity index (χ1n) is 9.79. The van der Waals surface area contributed by atoms with Crippen molar-refractivity contribution >= 4 is 23.4 Å². The second kappa shape index (κ2) is 7.31. The predicted octanol–water partition coefficient (Wildman–Crippen LogP) is 4.44. The molecule has 0 saturated carbocycles. The minimum Gasteiger partial charge on any atom is -0.423 e. The first kappa shape index (κ1) is 19.1. The molecule has 1 fully saturated rings. The summed E-state index contributed by atoms with van der Waals surface area (Å²) >= 11 is 0. The van der Waals surface area contributed by atoms with Gasteiger partial charge < -0.3 is 14.6 Å². The number of nitrogens with one attached hydrogen (secondary N) is 1. The molecule has 1 aliphatic heterocycles. The van der Waals surface area contributed by atoms with Crippen LogP contribution < -0.4 is 10.2 Å². The van der Waals surface area contributed by atoms with Crippen molar-refractivity contribution in [1.29, 1.82) is 0 Å². The van der Waals surface area contributed by atoms with Gasteiger partial charge >= 0.3 is 0 Å². The van der Waals surface area contributed by atoms with Crippen molar-refractivity contribution < 1.29 is 9.21 Å². The van der Waals surface area contributed by atoms with Crippen molar-refractivity contribution in [3.8, 4) is 11.3 Å². The lowest BCUT2D eigenvalue weighted by Gasteiger charge is -2.39. The molecule has 0 spiro atoms. The lowest BCUT2D eigenvalue weighted by molar-refractivity contribution is -0.124. The Balaban J connectivity index is 1.57. The van der Waals surface area contributed by atoms with E-state index in [9.17, 15) is 4.79 Å². The largest absolute Gasteiger partial charge is 0.423 e. The van der Waals surface area contributed by atoms with Crippen LogP contribution in [0.25, 0.3) is 11.3 Å². The third kappa shape index (κ3) is 3.72. The van der Waals surface area contributed by atoms with Crippen LogP contribution in [-0.4, -0.2) is 32.8 Å². The van der Waals surface area contributed by atoms with Crippen LogP contribution in [0, 0.1) is 13.8 Å². The number of carbonyl (C=O) groups is 1. The van der Waals surface area contributed by atoms with Crippen LogP contribution in [0.5, 0.6) is 0 Å². The number of oxazole rings is 1. The highest BCUT2D eigenvalue weighted by molar-refractivity contribution is 5.91. The van der Waals surface area contributed by atoms with Gasteiger partial charge in [0.25, 0.3) is 6.01 Å². The second-order valence-electron chi connectivity index (χ2n) is 7.91. The Morgan fingerprint density at radius 3 is 2.79 bits per heavy atom. The SMILES string of the molecule is Cc1cnc(Nc2cccc(-c3cnc(N4CCCC(=O)C4(C)C)o3)c2)nc1C. The van der Waals surface area contributed by atoms with Gasteiger partial charge in [-0.2, -0.15) is 0 Å². The van der Waals surface area contributed by atoms with Gasteiger partial charge in [0, 0.05) is 36.1 Å². The molecular formula is C22H25N5O2. The molecule has 3 heterocycles. The van der Waals surface area contributed by atoms with Crippen LogP contribution in [0.15, 0.2) is 41.1 Å². The van der Waals surface area contributed by atoms with Gasteiger partial charge in [-0.3, -0.25) is 4.79 Å². The lowest BCUT2D eigenvalue weighted by atomic mass is 9.89. The van der Waals surface area contributed by atoms with Gasteiger partial charge in [-0.25, -0.2) is 15.0 Å². The fraction of sp³-hybridized carbons (Fsp3) is 0.364. The van der Waals surface area contributed by atoms with Crippen molar-refractivity contribution in [3.63, 3.8) is 0 Å². The van der Waals surface area contributed by atoms with E-state index in [-0.39, 0.29) is 5.78 Å². The summed E-state index contributed by atoms with van der Waals surface area (Å²) < 4.78 is 6.04. The second-order valence-corrected chi connectivity index (χ2v) is 7.91. The fourth-order valence-electron chi connectivity index (χ4n) is 3.46. The first-order chi connectivity index (χ1) is 13.8. The molecule has 1 N–H and O–H groups in total. The number of hydrogen-bond acceptors (Lipinski definition) is 7. The van der Waals surface area contributed by atoms with Crippen molar-refractivity contribution in [1.82, 2.24) is 15.0 Å². The monoisotopic (exact) mass is 391 g/mol. The van der Waals surface area contributed by atoms with Gasteiger partial charge in [0.2, 0.25) is 5.95 Å². The summed E-state index contributed by atoms with van der Waals surface area (Å²) in [5.74, 6) is 1.42. The number of anilines is 3. The quantitative estimate of drug-likeness (QED) is 0.704. The van der Waals surface area contributed by atoms with Gasteiger partial charge in [-0.05, 0) is 51.8 Å². The van der Waals surface area contributed by atoms with Gasteiger partial charge in [0.15, 0.2) is 11.5 Å². The summed E-state index contributed by atoms with van der Waals surface area (Å²) in [6.07, 6.45) is 4.93. The van der Waals surface area contributed by atoms with Crippen LogP contribution in [0.2, 0.25) is 0 Å². The number of aromatic nitrogens is 3. The van der Waals surface area contributed by atoms with Crippen LogP contribution in [-0.2, 0) is 4.79 Å². The molecular weight excluding hydrogens is 366 g/mol. The molecule has 1 aliphatic rings. The Kier molecular flexibility index (Phi) is 4.82. The molecule has 0 bridgehead atoms. The zero-order valence-corrected chi connectivity index (χ0v) is 17.2. The normalized spacial score (nSPS) is 16.1. The number of nitrogens with zero attached hydrogens (tertiary/aromatic N) is 4. The lowest BCUT2D eigenvalue weighted by Crippen LogP contribution is -2.54. The van der Waals surface area contributed by atoms with Crippen molar-refractivity contribution in [2.24, 2.45) is 0 Å². The van der Waals surface area contributed by atoms with Crippen LogP contribution in [0.1, 0.15) is 37.9 Å². The summed E-state index contributed by atoms with van der Waals surface area (Å²) in [5, 5.41) is 3.23. The van der Waals surface area contributed by atoms with E-state index in [0.29, 0.717) is 24.1 Å². The van der Waals surface area contributed by atoms with E-state index >= 15 is 0 Å². The number of hydrogen-bond donors (Lipinski definition) is 1. The number of aryl methyl sites for hydroxylation is 2. The third-order valence-corrected chi connectivity index (χ3v) is 5.50. The summed E-state index contributed by atoms with van der Waals surface area (Å²) in [6, 6.07) is 8.30. The van der Waals surface area contributed by atoms with E-state index in [1.807, 2.05) is 56.9 Å². The van der Waals surface area contributed by atoms with Crippen molar-refractivity contribution in [2.75, 3.05) is 16.8 Å². The van der Waals surface area contributed by atoms with E-state index in [2.05, 4.69) is 20.3 Å². The molecule has 1 saturated heterocycles. The van der Waals surface area contributed by atoms with Gasteiger partial charge in [0.05, 0.1) is 11.7 Å². The number of rotatable bonds is 4. The number of Topliss-reactive ketones (excluding diaryl/α,β-unsaturated/α-hetero) is 1. The van der Waals surface area contributed by atoms with Crippen LogP contribution >= 0.6 is 0 Å². The standard InChI is InChI=1S/C22H25N5O2/c1-14-12-23-20(25-15(14)2)26-17-8-5-7-16(11-17)18-13-24-21(29-18)27-10-6-9-19(28)22(27,3)4/h5,7-8,11-13H,6,9-10H2,1-4H3,(H,23,25,26). The Labute approximate surface area is 170 Å². The molecule has 0 unspecified atom stereocenters. The maximum Gasteiger partial charge on any atom is 0.298 e. The zero-order valence-electron chi connectivity index (χ0n) is 17.2. The third-order valence-electron chi connectivity index (χ3n) is 5.50. The molecule has 7 nitrogen and oxygen atoms in total. The van der Waals surface area contributed by atoms with E-state index in [1.165, 1.54) is 0 Å². The van der Waals surface area contributed by atoms with Crippen LogP contribution in [0.3, 0.4) is 0 Å². The number of carbonyl (C=O) groups excluding carboxylic acids is 1. The Morgan fingerprint density at radius 1 is 1.17 bits per heavy atom. The molecule has 4 rings (SSSR count). The predicted molar refractivity (Wildman–Crippen MR) is 112 cm³/mol. The summed E-state index contributed by atoms with van der Waals surface area (Å²) in [4.78, 5) is 27.5. The van der Waals surface area contributed by atoms with Gasteiger partial charge in [-0.15, -0.1) is 0 Å². The van der Waals surface area contributed by atoms with Gasteiger partial charge in [0.1, 0.15) is 0 Å². The number of piperidine rings is 1. The highest BCUT2D eigenvalue weighted by Crippen LogP contribution is 2.33. The average molecular weight is 391 g/mol. The summed E-state index contributed by atoms with van der Waals surface area (Å²) in [6.45, 7) is 8.54. The van der Waals surface area contributed by atoms with E-state index in [1.54, 1.807) is 12.4 Å². The number of ketones is 1. The molecule has 0 aliphatic carbocycles. The molecule has 3 aromatic rings. The maximum absolute atomic E-state index is 12.3. The summed E-state index contributed by atoms with van der Waals surface area (Å²) in [5.41, 5.74) is 3.13. The highest BCUT2D eigenvalue weighted by Gasteiger charge is 2.39. The molecule has 7 heteroatoms. The molecule has 29 heavy (non-hydrogen) atoms. The molecule has 0 atom stereocenters. The Morgan fingerprint density at radius 2 is 2.00 bits per heavy atom. The van der Waals surface area contributed by atoms with Crippen molar-refractivity contribution in [3.05, 3.63) is 47.9 Å². The average Bonchev–Trinajstić information content (AvgIpc) is 3.17. The smallest absolute Gasteiger partial charge is 0.298 e. The Bertz CT molecular complexity index is 1060. The molecule has 2 aromatic heterocycles. The molecule has 0 amide bonds. The summed E-state index contributed by atoms with van der Waals surface area (Å²) in [7, 11) is 0. The van der Waals surface area contributed by atoms with Crippen molar-refractivity contribution in [2.45, 2.75) is 46.1 Å². The van der Waals surface area contributed by atoms with E-state index in [0.717, 1.165) is 35.5 Å². The van der Waals surface area contributed by atoms with Gasteiger partial charge in [-0.1, -0.05) is 12.1 Å². The topological polar surface area (TPSA) is 84.2 Å². The Hall–Kier alpha value is -3.22. The molecule has 150 valence electrons. The zero-order chi connectivity index (χ0) is 20.6. The maximum atomic E-state index is 12.3. The molecule has 1 aromatic carbocycles. The molecule has 0 radical (unpaired) electrons. The fourth-order valence-corrected chi connectivity index (χ4v) is 3.46. The van der Waals surface area contributed by atoms with Crippen LogP contribution in [0.4, 0.5) is 17.7 Å². The van der Waals surface area contributed by atoms with E-state index < -0.39 is 5.54 Å². The van der Waals surface area contributed by atoms with E-state index in [4.69, 9.17) is 4.42 Å². The highest BCUT2D eigenvalue weighted by atomic mass is 16.4. The number of benzene rings is 1. The minimum absolute atomic E-state index is 0.211. The minimum atomic E-state index is -0.607.